The second-order valence-electron chi connectivity index (χ2n) is 4.30. The van der Waals surface area contributed by atoms with Gasteiger partial charge >= 0.3 is 0 Å². The molecule has 1 aliphatic rings. The van der Waals surface area contributed by atoms with Crippen LogP contribution in [0.2, 0.25) is 0 Å². The molecule has 1 heterocycles. The van der Waals surface area contributed by atoms with Crippen molar-refractivity contribution in [3.63, 3.8) is 0 Å². The fraction of sp³-hybridized carbons (Fsp3) is 0.500. The first-order chi connectivity index (χ1) is 7.66. The van der Waals surface area contributed by atoms with E-state index in [-0.39, 0.29) is 11.5 Å². The van der Waals surface area contributed by atoms with Crippen molar-refractivity contribution in [3.05, 3.63) is 22.2 Å². The minimum absolute atomic E-state index is 0.0554. The molecule has 0 spiro atoms. The van der Waals surface area contributed by atoms with Gasteiger partial charge in [-0.1, -0.05) is 6.42 Å². The Hall–Kier alpha value is -0.740. The van der Waals surface area contributed by atoms with Crippen molar-refractivity contribution >= 4 is 15.9 Å². The standard InChI is InChI=1S/C12H16BrNO2/c13-10-6-8(7-11(15)12(10)16)5-9-3-1-2-4-14-9/h6-7,9,14-16H,1-5H2. The van der Waals surface area contributed by atoms with Crippen LogP contribution in [-0.2, 0) is 6.42 Å². The molecule has 1 aromatic carbocycles. The molecule has 3 nitrogen and oxygen atoms in total. The van der Waals surface area contributed by atoms with E-state index in [4.69, 9.17) is 0 Å². The molecular formula is C12H16BrNO2. The van der Waals surface area contributed by atoms with E-state index in [0.29, 0.717) is 10.5 Å². The molecule has 0 aromatic heterocycles. The first-order valence-electron chi connectivity index (χ1n) is 5.60. The highest BCUT2D eigenvalue weighted by Crippen LogP contribution is 2.34. The Bertz CT molecular complexity index is 352. The van der Waals surface area contributed by atoms with Crippen LogP contribution in [0.15, 0.2) is 16.6 Å². The van der Waals surface area contributed by atoms with Crippen LogP contribution >= 0.6 is 15.9 Å². The molecule has 2 rings (SSSR count). The zero-order valence-corrected chi connectivity index (χ0v) is 10.6. The highest BCUT2D eigenvalue weighted by atomic mass is 79.9. The van der Waals surface area contributed by atoms with Gasteiger partial charge in [-0.05, 0) is 59.4 Å². The van der Waals surface area contributed by atoms with Crippen LogP contribution in [0, 0.1) is 0 Å². The number of nitrogens with one attached hydrogen (secondary N) is 1. The lowest BCUT2D eigenvalue weighted by molar-refractivity contribution is 0.391. The molecular weight excluding hydrogens is 270 g/mol. The Balaban J connectivity index is 2.09. The topological polar surface area (TPSA) is 52.5 Å². The van der Waals surface area contributed by atoms with E-state index in [1.807, 2.05) is 6.07 Å². The van der Waals surface area contributed by atoms with Gasteiger partial charge in [0, 0.05) is 6.04 Å². The largest absolute Gasteiger partial charge is 0.504 e. The Kier molecular flexibility index (Phi) is 3.71. The minimum atomic E-state index is -0.0830. The molecule has 88 valence electrons. The summed E-state index contributed by atoms with van der Waals surface area (Å²) in [5.74, 6) is -0.138. The number of phenolic OH excluding ortho intramolecular Hbond substituents is 2. The molecule has 16 heavy (non-hydrogen) atoms. The lowest BCUT2D eigenvalue weighted by Gasteiger charge is -2.23. The Labute approximate surface area is 104 Å². The Morgan fingerprint density at radius 1 is 1.31 bits per heavy atom. The van der Waals surface area contributed by atoms with Crippen molar-refractivity contribution in [2.75, 3.05) is 6.54 Å². The fourth-order valence-corrected chi connectivity index (χ4v) is 2.64. The van der Waals surface area contributed by atoms with Crippen molar-refractivity contribution in [3.8, 4) is 11.5 Å². The van der Waals surface area contributed by atoms with Crippen LogP contribution in [0.25, 0.3) is 0 Å². The first-order valence-corrected chi connectivity index (χ1v) is 6.40. The fourth-order valence-electron chi connectivity index (χ4n) is 2.14. The van der Waals surface area contributed by atoms with Gasteiger partial charge in [0.1, 0.15) is 0 Å². The van der Waals surface area contributed by atoms with Gasteiger partial charge < -0.3 is 15.5 Å². The molecule has 0 bridgehead atoms. The second-order valence-corrected chi connectivity index (χ2v) is 5.15. The smallest absolute Gasteiger partial charge is 0.171 e. The Morgan fingerprint density at radius 2 is 2.12 bits per heavy atom. The van der Waals surface area contributed by atoms with Crippen LogP contribution in [0.3, 0.4) is 0 Å². The van der Waals surface area contributed by atoms with Gasteiger partial charge in [-0.25, -0.2) is 0 Å². The number of hydrogen-bond donors (Lipinski definition) is 3. The summed E-state index contributed by atoms with van der Waals surface area (Å²) >= 11 is 3.23. The maximum Gasteiger partial charge on any atom is 0.171 e. The average molecular weight is 286 g/mol. The summed E-state index contributed by atoms with van der Waals surface area (Å²) < 4.78 is 0.554. The summed E-state index contributed by atoms with van der Waals surface area (Å²) in [6.07, 6.45) is 4.59. The first kappa shape index (κ1) is 11.7. The highest BCUT2D eigenvalue weighted by molar-refractivity contribution is 9.10. The van der Waals surface area contributed by atoms with E-state index in [1.165, 1.54) is 19.3 Å². The number of phenols is 2. The second kappa shape index (κ2) is 5.06. The molecule has 0 saturated carbocycles. The molecule has 1 aromatic rings. The number of halogens is 1. The van der Waals surface area contributed by atoms with Gasteiger partial charge in [0.05, 0.1) is 4.47 Å². The number of piperidine rings is 1. The van der Waals surface area contributed by atoms with E-state index in [9.17, 15) is 10.2 Å². The van der Waals surface area contributed by atoms with Gasteiger partial charge in [-0.15, -0.1) is 0 Å². The molecule has 3 N–H and O–H groups in total. The summed E-state index contributed by atoms with van der Waals surface area (Å²) in [7, 11) is 0. The summed E-state index contributed by atoms with van der Waals surface area (Å²) in [6, 6.07) is 3.99. The van der Waals surface area contributed by atoms with Crippen molar-refractivity contribution in [1.29, 1.82) is 0 Å². The van der Waals surface area contributed by atoms with E-state index in [0.717, 1.165) is 18.5 Å². The normalized spacial score (nSPS) is 20.9. The number of hydrogen-bond acceptors (Lipinski definition) is 3. The van der Waals surface area contributed by atoms with Gasteiger partial charge in [0.25, 0.3) is 0 Å². The molecule has 0 aliphatic carbocycles. The van der Waals surface area contributed by atoms with Crippen LogP contribution in [-0.4, -0.2) is 22.8 Å². The average Bonchev–Trinajstić information content (AvgIpc) is 2.27. The molecule has 1 unspecified atom stereocenters. The van der Waals surface area contributed by atoms with E-state index in [1.54, 1.807) is 6.07 Å². The van der Waals surface area contributed by atoms with Gasteiger partial charge in [-0.3, -0.25) is 0 Å². The SMILES string of the molecule is Oc1cc(CC2CCCCN2)cc(Br)c1O. The lowest BCUT2D eigenvalue weighted by atomic mass is 9.97. The molecule has 0 amide bonds. The molecule has 1 saturated heterocycles. The van der Waals surface area contributed by atoms with Crippen molar-refractivity contribution in [2.24, 2.45) is 0 Å². The monoisotopic (exact) mass is 285 g/mol. The van der Waals surface area contributed by atoms with Crippen molar-refractivity contribution < 1.29 is 10.2 Å². The zero-order chi connectivity index (χ0) is 11.5. The van der Waals surface area contributed by atoms with Gasteiger partial charge in [0.15, 0.2) is 11.5 Å². The molecule has 4 heteroatoms. The third kappa shape index (κ3) is 2.68. The van der Waals surface area contributed by atoms with Crippen LogP contribution in [0.4, 0.5) is 0 Å². The summed E-state index contributed by atoms with van der Waals surface area (Å²) in [6.45, 7) is 1.08. The zero-order valence-electron chi connectivity index (χ0n) is 9.04. The molecule has 0 radical (unpaired) electrons. The quantitative estimate of drug-likeness (QED) is 0.732. The predicted octanol–water partition coefficient (Wildman–Crippen LogP) is 2.54. The Morgan fingerprint density at radius 3 is 2.75 bits per heavy atom. The van der Waals surface area contributed by atoms with E-state index < -0.39 is 0 Å². The maximum atomic E-state index is 9.51. The van der Waals surface area contributed by atoms with E-state index in [2.05, 4.69) is 21.2 Å². The minimum Gasteiger partial charge on any atom is -0.504 e. The van der Waals surface area contributed by atoms with E-state index >= 15 is 0 Å². The maximum absolute atomic E-state index is 9.51. The summed E-state index contributed by atoms with van der Waals surface area (Å²) in [5.41, 5.74) is 1.04. The highest BCUT2D eigenvalue weighted by Gasteiger charge is 2.15. The van der Waals surface area contributed by atoms with Crippen LogP contribution in [0.1, 0.15) is 24.8 Å². The lowest BCUT2D eigenvalue weighted by Crippen LogP contribution is -2.35. The molecule has 1 aliphatic heterocycles. The van der Waals surface area contributed by atoms with Crippen molar-refractivity contribution in [2.45, 2.75) is 31.7 Å². The number of rotatable bonds is 2. The third-order valence-electron chi connectivity index (χ3n) is 3.00. The summed E-state index contributed by atoms with van der Waals surface area (Å²) in [5, 5.41) is 22.4. The predicted molar refractivity (Wildman–Crippen MR) is 66.8 cm³/mol. The third-order valence-corrected chi connectivity index (χ3v) is 3.60. The molecule has 1 atom stereocenters. The van der Waals surface area contributed by atoms with Crippen molar-refractivity contribution in [1.82, 2.24) is 5.32 Å². The van der Waals surface area contributed by atoms with Crippen LogP contribution < -0.4 is 5.32 Å². The summed E-state index contributed by atoms with van der Waals surface area (Å²) in [4.78, 5) is 0. The number of benzene rings is 1. The van der Waals surface area contributed by atoms with Crippen LogP contribution in [0.5, 0.6) is 11.5 Å². The molecule has 1 fully saturated rings. The number of aromatic hydroxyl groups is 2. The van der Waals surface area contributed by atoms with Gasteiger partial charge in [-0.2, -0.15) is 0 Å². The van der Waals surface area contributed by atoms with Gasteiger partial charge in [0.2, 0.25) is 0 Å².